The van der Waals surface area contributed by atoms with Crippen LogP contribution in [-0.2, 0) is 11.2 Å². The van der Waals surface area contributed by atoms with Gasteiger partial charge in [0.25, 0.3) is 5.91 Å². The van der Waals surface area contributed by atoms with Gasteiger partial charge in [-0.15, -0.1) is 6.42 Å². The molecule has 1 aliphatic carbocycles. The number of halogens is 1. The van der Waals surface area contributed by atoms with Crippen LogP contribution in [0.2, 0.25) is 0 Å². The molecule has 0 bridgehead atoms. The van der Waals surface area contributed by atoms with Crippen molar-refractivity contribution in [2.24, 2.45) is 23.7 Å². The van der Waals surface area contributed by atoms with E-state index in [2.05, 4.69) is 40.8 Å². The van der Waals surface area contributed by atoms with E-state index in [4.69, 9.17) is 6.42 Å². The summed E-state index contributed by atoms with van der Waals surface area (Å²) in [6, 6.07) is 4.41. The molecule has 1 aliphatic heterocycles. The molecule has 3 heterocycles. The smallest absolute Gasteiger partial charge is 0.256 e. The molecule has 2 aliphatic rings. The number of carbonyl (C=O) groups excluding carboxylic acids is 2. The highest BCUT2D eigenvalue weighted by atomic mass is 19.1. The fourth-order valence-corrected chi connectivity index (χ4v) is 7.13. The van der Waals surface area contributed by atoms with Crippen LogP contribution >= 0.6 is 0 Å². The minimum atomic E-state index is -0.440. The van der Waals surface area contributed by atoms with E-state index in [9.17, 15) is 14.0 Å². The Morgan fingerprint density at radius 1 is 1.25 bits per heavy atom. The van der Waals surface area contributed by atoms with Crippen LogP contribution < -0.4 is 5.32 Å². The molecular formula is C36H44FN5O2. The lowest BCUT2D eigenvalue weighted by molar-refractivity contribution is -0.126. The number of fused-ring (bicyclic) bond motifs is 1. The Labute approximate surface area is 260 Å². The molecule has 8 heteroatoms. The average Bonchev–Trinajstić information content (AvgIpc) is 3.37. The molecule has 2 amide bonds. The fraction of sp³-hybridized carbons (Fsp3) is 0.472. The van der Waals surface area contributed by atoms with Gasteiger partial charge in [-0.05, 0) is 99.1 Å². The second-order valence-corrected chi connectivity index (χ2v) is 13.0. The maximum Gasteiger partial charge on any atom is 0.256 e. The minimum absolute atomic E-state index is 0.00627. The van der Waals surface area contributed by atoms with Crippen molar-refractivity contribution in [1.82, 2.24) is 24.7 Å². The number of nitrogens with one attached hydrogen (secondary N) is 1. The molecule has 1 saturated carbocycles. The highest BCUT2D eigenvalue weighted by Gasteiger charge is 2.38. The predicted octanol–water partition coefficient (Wildman–Crippen LogP) is 5.40. The number of aromatic nitrogens is 2. The molecule has 44 heavy (non-hydrogen) atoms. The van der Waals surface area contributed by atoms with E-state index in [0.29, 0.717) is 23.1 Å². The van der Waals surface area contributed by atoms with E-state index in [-0.39, 0.29) is 29.7 Å². The van der Waals surface area contributed by atoms with Gasteiger partial charge in [-0.25, -0.2) is 4.39 Å². The highest BCUT2D eigenvalue weighted by Crippen LogP contribution is 2.40. The summed E-state index contributed by atoms with van der Waals surface area (Å²) in [6.45, 7) is 13.0. The van der Waals surface area contributed by atoms with Crippen molar-refractivity contribution in [3.8, 4) is 18.0 Å². The van der Waals surface area contributed by atoms with Gasteiger partial charge in [0.2, 0.25) is 5.91 Å². The first-order chi connectivity index (χ1) is 21.0. The van der Waals surface area contributed by atoms with Gasteiger partial charge in [-0.3, -0.25) is 14.6 Å². The molecule has 5 rings (SSSR count). The summed E-state index contributed by atoms with van der Waals surface area (Å²) in [7, 11) is 3.44. The predicted molar refractivity (Wildman–Crippen MR) is 173 cm³/mol. The van der Waals surface area contributed by atoms with Crippen molar-refractivity contribution >= 4 is 22.7 Å². The van der Waals surface area contributed by atoms with Gasteiger partial charge in [0.05, 0.1) is 23.0 Å². The van der Waals surface area contributed by atoms with E-state index in [1.54, 1.807) is 25.1 Å². The third-order valence-corrected chi connectivity index (χ3v) is 9.80. The zero-order valence-corrected chi connectivity index (χ0v) is 26.6. The van der Waals surface area contributed by atoms with Crippen LogP contribution in [0.4, 0.5) is 4.39 Å². The Bertz CT molecular complexity index is 1610. The highest BCUT2D eigenvalue weighted by molar-refractivity contribution is 5.99. The molecular weight excluding hydrogens is 553 g/mol. The Kier molecular flexibility index (Phi) is 9.26. The minimum Gasteiger partial charge on any atom is -0.359 e. The molecule has 232 valence electrons. The van der Waals surface area contributed by atoms with Crippen molar-refractivity contribution in [1.29, 1.82) is 0 Å². The number of terminal acetylenes is 1. The SMILES string of the molecule is C#CC(=C)C1C[C@H](C(=O)NC)CC[C@H]1CN1CC(Cc2cn(-c3ccc(F)cc3C(=O)N(C)C(C)C)c3cncc(C)c23)C1. The van der Waals surface area contributed by atoms with E-state index in [1.165, 1.54) is 17.7 Å². The first-order valence-electron chi connectivity index (χ1n) is 15.6. The van der Waals surface area contributed by atoms with Crippen LogP contribution in [0.5, 0.6) is 0 Å². The molecule has 0 spiro atoms. The summed E-state index contributed by atoms with van der Waals surface area (Å²) in [6.07, 6.45) is 15.1. The van der Waals surface area contributed by atoms with Gasteiger partial charge in [-0.2, -0.15) is 0 Å². The number of amides is 2. The maximum absolute atomic E-state index is 14.4. The van der Waals surface area contributed by atoms with Gasteiger partial charge in [0.15, 0.2) is 0 Å². The van der Waals surface area contributed by atoms with Gasteiger partial charge >= 0.3 is 0 Å². The van der Waals surface area contributed by atoms with Gasteiger partial charge in [0, 0.05) is 63.5 Å². The Morgan fingerprint density at radius 2 is 2.00 bits per heavy atom. The zero-order valence-electron chi connectivity index (χ0n) is 26.6. The standard InChI is InChI=1S/C36H44FN5O2/c1-8-23(4)30-14-26(35(43)38-6)9-10-27(30)20-41-18-25(19-41)13-28-21-42(33-17-39-16-24(5)34(28)33)32-12-11-29(37)15-31(32)36(44)40(7)22(2)3/h1,11-12,15-17,21-22,25-27,30H,4,9-10,13-14,18-20H2,2-3,5-7H3,(H,38,43)/t26-,27+,30?/m1/s1. The number of pyridine rings is 1. The lowest BCUT2D eigenvalue weighted by Crippen LogP contribution is -2.51. The van der Waals surface area contributed by atoms with Crippen LogP contribution in [0.1, 0.15) is 54.6 Å². The number of allylic oxidation sites excluding steroid dienone is 1. The lowest BCUT2D eigenvalue weighted by Gasteiger charge is -2.44. The van der Waals surface area contributed by atoms with E-state index in [0.717, 1.165) is 67.4 Å². The number of benzene rings is 1. The van der Waals surface area contributed by atoms with Gasteiger partial charge in [-0.1, -0.05) is 12.5 Å². The van der Waals surface area contributed by atoms with Crippen molar-refractivity contribution in [2.75, 3.05) is 33.7 Å². The number of likely N-dealkylation sites (tertiary alicyclic amines) is 1. The second kappa shape index (κ2) is 13.0. The number of aryl methyl sites for hydroxylation is 1. The van der Waals surface area contributed by atoms with Crippen LogP contribution in [0.15, 0.2) is 48.9 Å². The Hall–Kier alpha value is -3.96. The molecule has 3 aromatic rings. The summed E-state index contributed by atoms with van der Waals surface area (Å²) < 4.78 is 16.4. The van der Waals surface area contributed by atoms with Crippen LogP contribution in [0, 0.1) is 48.8 Å². The third-order valence-electron chi connectivity index (χ3n) is 9.80. The number of hydrogen-bond donors (Lipinski definition) is 1. The topological polar surface area (TPSA) is 70.5 Å². The Balaban J connectivity index is 1.34. The molecule has 2 fully saturated rings. The van der Waals surface area contributed by atoms with Crippen molar-refractivity contribution < 1.29 is 14.0 Å². The maximum atomic E-state index is 14.4. The zero-order chi connectivity index (χ0) is 31.7. The Morgan fingerprint density at radius 3 is 2.68 bits per heavy atom. The van der Waals surface area contributed by atoms with Crippen LogP contribution in [0.3, 0.4) is 0 Å². The molecule has 1 unspecified atom stereocenters. The van der Waals surface area contributed by atoms with Crippen molar-refractivity contribution in [3.63, 3.8) is 0 Å². The first-order valence-corrected chi connectivity index (χ1v) is 15.6. The van der Waals surface area contributed by atoms with Gasteiger partial charge < -0.3 is 19.7 Å². The number of carbonyl (C=O) groups is 2. The molecule has 1 N–H and O–H groups in total. The van der Waals surface area contributed by atoms with E-state index < -0.39 is 5.82 Å². The monoisotopic (exact) mass is 597 g/mol. The fourth-order valence-electron chi connectivity index (χ4n) is 7.13. The quantitative estimate of drug-likeness (QED) is 0.336. The summed E-state index contributed by atoms with van der Waals surface area (Å²) >= 11 is 0. The largest absolute Gasteiger partial charge is 0.359 e. The molecule has 1 saturated heterocycles. The van der Waals surface area contributed by atoms with Gasteiger partial charge in [0.1, 0.15) is 5.82 Å². The molecule has 0 radical (unpaired) electrons. The van der Waals surface area contributed by atoms with Crippen molar-refractivity contribution in [3.05, 3.63) is 71.4 Å². The number of rotatable bonds is 9. The third kappa shape index (κ3) is 6.16. The second-order valence-electron chi connectivity index (χ2n) is 13.0. The molecule has 7 nitrogen and oxygen atoms in total. The first kappa shape index (κ1) is 31.5. The average molecular weight is 598 g/mol. The summed E-state index contributed by atoms with van der Waals surface area (Å²) in [4.78, 5) is 34.3. The van der Waals surface area contributed by atoms with E-state index in [1.807, 2.05) is 30.8 Å². The van der Waals surface area contributed by atoms with E-state index >= 15 is 0 Å². The molecule has 3 atom stereocenters. The number of hydrogen-bond acceptors (Lipinski definition) is 4. The lowest BCUT2D eigenvalue weighted by atomic mass is 9.70. The summed E-state index contributed by atoms with van der Waals surface area (Å²) in [5, 5.41) is 3.93. The summed E-state index contributed by atoms with van der Waals surface area (Å²) in [5.74, 6) is 3.23. The normalized spacial score (nSPS) is 20.7. The summed E-state index contributed by atoms with van der Waals surface area (Å²) in [5.41, 5.74) is 4.97. The molecule has 1 aromatic carbocycles. The molecule has 2 aromatic heterocycles. The van der Waals surface area contributed by atoms with Crippen molar-refractivity contribution in [2.45, 2.75) is 52.5 Å². The van der Waals surface area contributed by atoms with Crippen LogP contribution in [0.25, 0.3) is 16.6 Å². The van der Waals surface area contributed by atoms with Crippen LogP contribution in [-0.4, -0.2) is 70.9 Å². The number of nitrogens with zero attached hydrogens (tertiary/aromatic N) is 4.